The summed E-state index contributed by atoms with van der Waals surface area (Å²) in [4.78, 5) is 42.0. The van der Waals surface area contributed by atoms with Gasteiger partial charge >= 0.3 is 5.69 Å². The fourth-order valence-corrected chi connectivity index (χ4v) is 3.27. The van der Waals surface area contributed by atoms with E-state index >= 15 is 0 Å². The Hall–Kier alpha value is -3.56. The van der Waals surface area contributed by atoms with Crippen LogP contribution in [-0.4, -0.2) is 37.7 Å². The van der Waals surface area contributed by atoms with E-state index in [9.17, 15) is 14.4 Å². The molecule has 0 aliphatic carbocycles. The fraction of sp³-hybridized carbons (Fsp3) is 0.294. The number of hydrogen-bond donors (Lipinski definition) is 1. The van der Waals surface area contributed by atoms with E-state index < -0.39 is 11.6 Å². The summed E-state index contributed by atoms with van der Waals surface area (Å²) in [5, 5.41) is 0. The zero-order valence-electron chi connectivity index (χ0n) is 14.9. The molecule has 0 atom stereocenters. The smallest absolute Gasteiger partial charge is 0.332 e. The zero-order valence-corrected chi connectivity index (χ0v) is 14.9. The Bertz CT molecular complexity index is 1170. The number of anilines is 2. The second kappa shape index (κ2) is 6.01. The highest BCUT2D eigenvalue weighted by atomic mass is 16.5. The van der Waals surface area contributed by atoms with Crippen molar-refractivity contribution in [3.8, 4) is 5.75 Å². The maximum atomic E-state index is 12.6. The number of nitrogens with zero attached hydrogens (tertiary/aromatic N) is 5. The van der Waals surface area contributed by atoms with Gasteiger partial charge in [-0.25, -0.2) is 4.79 Å². The number of nitrogens with two attached hydrogens (primary N) is 1. The number of carbonyl (C=O) groups is 1. The molecule has 1 amide bonds. The number of ether oxygens (including phenoxy) is 1. The van der Waals surface area contributed by atoms with Gasteiger partial charge in [-0.05, 0) is 24.3 Å². The lowest BCUT2D eigenvalue weighted by Gasteiger charge is -2.16. The van der Waals surface area contributed by atoms with Crippen LogP contribution in [0.15, 0.2) is 33.9 Å². The van der Waals surface area contributed by atoms with Gasteiger partial charge in [0, 0.05) is 32.9 Å². The van der Waals surface area contributed by atoms with Crippen molar-refractivity contribution in [2.75, 3.05) is 18.1 Å². The highest BCUT2D eigenvalue weighted by Gasteiger charge is 2.28. The first-order chi connectivity index (χ1) is 12.9. The number of fused-ring (bicyclic) bond motifs is 3. The third-order valence-electron chi connectivity index (χ3n) is 4.65. The standard InChI is InChI=1S/C17H18N6O4/c1-20-14-13(15(25)21(2)17(20)26)23-8-7-22(16(23)19-14)10-3-5-11(6-4-10)27-9-12(18)24/h3-6H,7-9H2,1-2H3,(H2,18,24). The summed E-state index contributed by atoms with van der Waals surface area (Å²) >= 11 is 0. The summed E-state index contributed by atoms with van der Waals surface area (Å²) in [5.74, 6) is 0.593. The first-order valence-corrected chi connectivity index (χ1v) is 8.33. The average molecular weight is 370 g/mol. The molecule has 0 radical (unpaired) electrons. The molecule has 0 saturated carbocycles. The van der Waals surface area contributed by atoms with Gasteiger partial charge in [0.05, 0.1) is 0 Å². The van der Waals surface area contributed by atoms with E-state index in [0.717, 1.165) is 10.3 Å². The van der Waals surface area contributed by atoms with Crippen molar-refractivity contribution in [2.45, 2.75) is 6.54 Å². The Balaban J connectivity index is 1.75. The van der Waals surface area contributed by atoms with Gasteiger partial charge in [-0.3, -0.25) is 18.7 Å². The van der Waals surface area contributed by atoms with Crippen molar-refractivity contribution in [2.24, 2.45) is 19.8 Å². The molecule has 2 aromatic heterocycles. The quantitative estimate of drug-likeness (QED) is 0.658. The van der Waals surface area contributed by atoms with E-state index in [0.29, 0.717) is 36.0 Å². The number of primary amides is 1. The molecule has 3 heterocycles. The Labute approximate surface area is 153 Å². The van der Waals surface area contributed by atoms with Crippen molar-refractivity contribution in [1.82, 2.24) is 18.7 Å². The van der Waals surface area contributed by atoms with Crippen LogP contribution in [-0.2, 0) is 25.4 Å². The molecule has 4 rings (SSSR count). The first-order valence-electron chi connectivity index (χ1n) is 8.33. The van der Waals surface area contributed by atoms with E-state index in [4.69, 9.17) is 10.5 Å². The van der Waals surface area contributed by atoms with Gasteiger partial charge in [0.15, 0.2) is 17.8 Å². The highest BCUT2D eigenvalue weighted by molar-refractivity contribution is 5.78. The molecule has 0 saturated heterocycles. The van der Waals surface area contributed by atoms with Gasteiger partial charge < -0.3 is 19.9 Å². The van der Waals surface area contributed by atoms with E-state index in [1.807, 2.05) is 21.6 Å². The number of imidazole rings is 1. The van der Waals surface area contributed by atoms with Crippen LogP contribution >= 0.6 is 0 Å². The van der Waals surface area contributed by atoms with Crippen LogP contribution in [0, 0.1) is 0 Å². The zero-order chi connectivity index (χ0) is 19.3. The van der Waals surface area contributed by atoms with Gasteiger partial charge in [-0.1, -0.05) is 0 Å². The van der Waals surface area contributed by atoms with E-state index in [1.54, 1.807) is 19.2 Å². The maximum absolute atomic E-state index is 12.6. The molecule has 1 aliphatic rings. The summed E-state index contributed by atoms with van der Waals surface area (Å²) < 4.78 is 9.56. The van der Waals surface area contributed by atoms with Crippen LogP contribution in [0.25, 0.3) is 11.2 Å². The normalized spacial score (nSPS) is 13.2. The largest absolute Gasteiger partial charge is 0.484 e. The van der Waals surface area contributed by atoms with E-state index in [-0.39, 0.29) is 12.2 Å². The molecule has 140 valence electrons. The van der Waals surface area contributed by atoms with Crippen LogP contribution in [0.5, 0.6) is 5.75 Å². The van der Waals surface area contributed by atoms with Crippen LogP contribution in [0.2, 0.25) is 0 Å². The lowest BCUT2D eigenvalue weighted by molar-refractivity contribution is -0.119. The van der Waals surface area contributed by atoms with Gasteiger partial charge in [-0.15, -0.1) is 0 Å². The Morgan fingerprint density at radius 3 is 2.52 bits per heavy atom. The van der Waals surface area contributed by atoms with Gasteiger partial charge in [0.2, 0.25) is 5.95 Å². The molecule has 0 unspecified atom stereocenters. The summed E-state index contributed by atoms with van der Waals surface area (Å²) in [6.45, 7) is 1.04. The van der Waals surface area contributed by atoms with Gasteiger partial charge in [0.1, 0.15) is 5.75 Å². The summed E-state index contributed by atoms with van der Waals surface area (Å²) in [7, 11) is 3.06. The number of aromatic nitrogens is 4. The number of carbonyl (C=O) groups excluding carboxylic acids is 1. The van der Waals surface area contributed by atoms with E-state index in [1.165, 1.54) is 11.6 Å². The molecular weight excluding hydrogens is 352 g/mol. The summed E-state index contributed by atoms with van der Waals surface area (Å²) in [6, 6.07) is 7.14. The van der Waals surface area contributed by atoms with Crippen molar-refractivity contribution in [3.63, 3.8) is 0 Å². The third-order valence-corrected chi connectivity index (χ3v) is 4.65. The predicted octanol–water partition coefficient (Wildman–Crippen LogP) is -0.550. The molecule has 10 heteroatoms. The Morgan fingerprint density at radius 2 is 1.85 bits per heavy atom. The lowest BCUT2D eigenvalue weighted by Crippen LogP contribution is -2.37. The van der Waals surface area contributed by atoms with Gasteiger partial charge in [0.25, 0.3) is 11.5 Å². The van der Waals surface area contributed by atoms with Gasteiger partial charge in [-0.2, -0.15) is 4.98 Å². The minimum Gasteiger partial charge on any atom is -0.484 e. The minimum atomic E-state index is -0.542. The second-order valence-electron chi connectivity index (χ2n) is 6.34. The van der Waals surface area contributed by atoms with Crippen molar-refractivity contribution >= 4 is 28.7 Å². The van der Waals surface area contributed by atoms with Crippen LogP contribution < -0.4 is 26.6 Å². The predicted molar refractivity (Wildman–Crippen MR) is 98.4 cm³/mol. The summed E-state index contributed by atoms with van der Waals surface area (Å²) in [6.07, 6.45) is 0. The third kappa shape index (κ3) is 2.57. The van der Waals surface area contributed by atoms with Crippen molar-refractivity contribution in [1.29, 1.82) is 0 Å². The lowest BCUT2D eigenvalue weighted by atomic mass is 10.3. The first kappa shape index (κ1) is 16.9. The summed E-state index contributed by atoms with van der Waals surface area (Å²) in [5.41, 5.74) is 5.94. The van der Waals surface area contributed by atoms with Crippen molar-refractivity contribution in [3.05, 3.63) is 45.1 Å². The Morgan fingerprint density at radius 1 is 1.15 bits per heavy atom. The number of rotatable bonds is 4. The molecule has 0 spiro atoms. The molecule has 2 N–H and O–H groups in total. The molecule has 0 fully saturated rings. The molecule has 10 nitrogen and oxygen atoms in total. The molecule has 1 aliphatic heterocycles. The molecular formula is C17H18N6O4. The SMILES string of the molecule is Cn1c(=O)c2c(nc3n2CCN3c2ccc(OCC(N)=O)cc2)n(C)c1=O. The minimum absolute atomic E-state index is 0.184. The molecule has 27 heavy (non-hydrogen) atoms. The molecule has 3 aromatic rings. The monoisotopic (exact) mass is 370 g/mol. The Kier molecular flexibility index (Phi) is 3.76. The number of hydrogen-bond acceptors (Lipinski definition) is 6. The fourth-order valence-electron chi connectivity index (χ4n) is 3.27. The molecule has 1 aromatic carbocycles. The van der Waals surface area contributed by atoms with Crippen LogP contribution in [0.3, 0.4) is 0 Å². The average Bonchev–Trinajstić information content (AvgIpc) is 3.22. The van der Waals surface area contributed by atoms with Crippen LogP contribution in [0.4, 0.5) is 11.6 Å². The number of benzene rings is 1. The highest BCUT2D eigenvalue weighted by Crippen LogP contribution is 2.32. The van der Waals surface area contributed by atoms with Crippen LogP contribution in [0.1, 0.15) is 0 Å². The number of aryl methyl sites for hydroxylation is 1. The second-order valence-corrected chi connectivity index (χ2v) is 6.34. The maximum Gasteiger partial charge on any atom is 0.332 e. The number of amides is 1. The topological polar surface area (TPSA) is 117 Å². The molecule has 0 bridgehead atoms. The van der Waals surface area contributed by atoms with E-state index in [2.05, 4.69) is 4.98 Å². The van der Waals surface area contributed by atoms with Crippen molar-refractivity contribution < 1.29 is 9.53 Å².